The van der Waals surface area contributed by atoms with E-state index in [1.54, 1.807) is 0 Å². The maximum Gasteiger partial charge on any atom is 0.407 e. The van der Waals surface area contributed by atoms with E-state index in [-0.39, 0.29) is 0 Å². The highest BCUT2D eigenvalue weighted by Gasteiger charge is 2.15. The molecule has 0 aliphatic carbocycles. The van der Waals surface area contributed by atoms with Crippen molar-refractivity contribution in [3.63, 3.8) is 0 Å². The number of hydrogen-bond acceptors (Lipinski definition) is 4. The molecule has 1 atom stereocenters. The molecule has 100 valence electrons. The fourth-order valence-electron chi connectivity index (χ4n) is 0.602. The minimum atomic E-state index is -3.66. The van der Waals surface area contributed by atoms with Gasteiger partial charge < -0.3 is 21.5 Å². The molecular formula is C11H23N3O3. The van der Waals surface area contributed by atoms with Crippen LogP contribution in [-0.2, 0) is 9.53 Å². The molecule has 0 fully saturated rings. The normalized spacial score (nSPS) is 23.3. The van der Waals surface area contributed by atoms with Gasteiger partial charge in [-0.3, -0.25) is 4.79 Å². The molecule has 17 heavy (non-hydrogen) atoms. The van der Waals surface area contributed by atoms with Gasteiger partial charge in [-0.05, 0) is 39.9 Å². The molecule has 6 heteroatoms. The highest BCUT2D eigenvalue weighted by atomic mass is 16.6. The zero-order valence-corrected chi connectivity index (χ0v) is 9.96. The second-order valence-electron chi connectivity index (χ2n) is 4.03. The van der Waals surface area contributed by atoms with Gasteiger partial charge in [-0.25, -0.2) is 4.79 Å². The highest BCUT2D eigenvalue weighted by molar-refractivity contribution is 5.79. The minimum Gasteiger partial charge on any atom is -0.444 e. The van der Waals surface area contributed by atoms with E-state index in [1.807, 2.05) is 0 Å². The van der Waals surface area contributed by atoms with Crippen LogP contribution >= 0.6 is 0 Å². The molecule has 0 saturated heterocycles. The number of nitrogens with one attached hydrogen (secondary N) is 1. The molecule has 2 amide bonds. The van der Waals surface area contributed by atoms with Crippen molar-refractivity contribution in [3.05, 3.63) is 0 Å². The molecule has 0 aromatic rings. The summed E-state index contributed by atoms with van der Waals surface area (Å²) < 4.78 is 66.4. The van der Waals surface area contributed by atoms with Crippen LogP contribution in [0, 0.1) is 0 Å². The zero-order chi connectivity index (χ0) is 20.6. The van der Waals surface area contributed by atoms with Gasteiger partial charge in [0.2, 0.25) is 5.91 Å². The Hall–Kier alpha value is -1.30. The molecule has 0 aromatic carbocycles. The first-order valence-corrected chi connectivity index (χ1v) is 4.77. The fraction of sp³-hybridized carbons (Fsp3) is 0.818. The third kappa shape index (κ3) is 9.62. The Morgan fingerprint density at radius 3 is 2.47 bits per heavy atom. The van der Waals surface area contributed by atoms with Gasteiger partial charge >= 0.3 is 6.09 Å². The molecule has 0 bridgehead atoms. The summed E-state index contributed by atoms with van der Waals surface area (Å²) in [6, 6.07) is -2.25. The van der Waals surface area contributed by atoms with Crippen LogP contribution in [0.5, 0.6) is 0 Å². The Kier molecular flexibility index (Phi) is 2.75. The van der Waals surface area contributed by atoms with Crippen LogP contribution in [0.25, 0.3) is 0 Å². The summed E-state index contributed by atoms with van der Waals surface area (Å²) in [5.41, 5.74) is 9.03. The number of carbonyl (C=O) groups is 2. The number of hydrogen-bond donors (Lipinski definition) is 3. The van der Waals surface area contributed by atoms with E-state index < -0.39 is 49.3 Å². The molecule has 0 aliphatic heterocycles. The van der Waals surface area contributed by atoms with Crippen LogP contribution in [0.3, 0.4) is 0 Å². The lowest BCUT2D eigenvalue weighted by atomic mass is 10.1. The lowest BCUT2D eigenvalue weighted by molar-refractivity contribution is -0.119. The van der Waals surface area contributed by atoms with Crippen molar-refractivity contribution in [2.45, 2.75) is 51.5 Å². The molecule has 0 aromatic heterocycles. The van der Waals surface area contributed by atoms with E-state index in [1.165, 1.54) is 26.1 Å². The van der Waals surface area contributed by atoms with Gasteiger partial charge in [0.15, 0.2) is 0 Å². The zero-order valence-electron chi connectivity index (χ0n) is 18.0. The van der Waals surface area contributed by atoms with Crippen LogP contribution in [0.2, 0.25) is 0 Å². The number of amides is 2. The number of carbonyl (C=O) groups excluding carboxylic acids is 2. The molecule has 0 spiro atoms. The van der Waals surface area contributed by atoms with Gasteiger partial charge in [0.05, 0.1) is 6.04 Å². The maximum atomic E-state index is 11.7. The third-order valence-corrected chi connectivity index (χ3v) is 1.22. The number of alkyl carbamates (subject to hydrolysis) is 1. The molecule has 0 heterocycles. The number of ether oxygens (including phenoxy) is 1. The van der Waals surface area contributed by atoms with E-state index >= 15 is 0 Å². The minimum absolute atomic E-state index is 1.03. The van der Waals surface area contributed by atoms with Crippen molar-refractivity contribution < 1.29 is 25.3 Å². The standard InChI is InChI=1S/C11H23N3O3/c1-11(2,3)17-10(16)14-7-5-4-6-8(12)9(13)15/h8H,4-7,12H2,1-3H3,(H2,13,15)(H,14,16)/t8-/m0/s1/i4D2,5D2,6D2,7D2. The van der Waals surface area contributed by atoms with E-state index in [4.69, 9.17) is 27.2 Å². The lowest BCUT2D eigenvalue weighted by Crippen LogP contribution is -2.36. The van der Waals surface area contributed by atoms with Gasteiger partial charge in [0.1, 0.15) is 5.60 Å². The summed E-state index contributed by atoms with van der Waals surface area (Å²) >= 11 is 0. The largest absolute Gasteiger partial charge is 0.444 e. The van der Waals surface area contributed by atoms with Crippen LogP contribution in [-0.4, -0.2) is 30.1 Å². The molecule has 0 unspecified atom stereocenters. The predicted octanol–water partition coefficient (Wildman–Crippen LogP) is 0.494. The quantitative estimate of drug-likeness (QED) is 0.640. The van der Waals surface area contributed by atoms with E-state index in [9.17, 15) is 9.59 Å². The monoisotopic (exact) mass is 253 g/mol. The number of primary amides is 1. The molecule has 0 saturated carbocycles. The van der Waals surface area contributed by atoms with Gasteiger partial charge in [0, 0.05) is 17.5 Å². The average Bonchev–Trinajstić information content (AvgIpc) is 2.33. The Morgan fingerprint density at radius 1 is 1.41 bits per heavy atom. The fourth-order valence-corrected chi connectivity index (χ4v) is 0.602. The Bertz CT molecular complexity index is 533. The second-order valence-corrected chi connectivity index (χ2v) is 4.03. The smallest absolute Gasteiger partial charge is 0.407 e. The van der Waals surface area contributed by atoms with Crippen LogP contribution < -0.4 is 16.8 Å². The summed E-state index contributed by atoms with van der Waals surface area (Å²) in [5.74, 6) is -1.44. The van der Waals surface area contributed by atoms with Crippen molar-refractivity contribution >= 4 is 12.0 Å². The molecule has 6 nitrogen and oxygen atoms in total. The Morgan fingerprint density at radius 2 is 2.00 bits per heavy atom. The molecular weight excluding hydrogens is 222 g/mol. The van der Waals surface area contributed by atoms with Crippen LogP contribution in [0.15, 0.2) is 0 Å². The summed E-state index contributed by atoms with van der Waals surface area (Å²) in [6.45, 7) is 1.01. The van der Waals surface area contributed by atoms with Crippen LogP contribution in [0.4, 0.5) is 4.79 Å². The Balaban J connectivity index is 5.76. The van der Waals surface area contributed by atoms with E-state index in [0.29, 0.717) is 0 Å². The third-order valence-electron chi connectivity index (χ3n) is 1.22. The van der Waals surface area contributed by atoms with Gasteiger partial charge in [-0.2, -0.15) is 0 Å². The van der Waals surface area contributed by atoms with Gasteiger partial charge in [0.25, 0.3) is 0 Å². The first kappa shape index (κ1) is 6.58. The van der Waals surface area contributed by atoms with E-state index in [0.717, 1.165) is 0 Å². The van der Waals surface area contributed by atoms with Crippen molar-refractivity contribution in [3.8, 4) is 0 Å². The summed E-state index contributed by atoms with van der Waals surface area (Å²) in [5, 5.41) is 1.53. The number of nitrogens with two attached hydrogens (primary N) is 2. The predicted molar refractivity (Wildman–Crippen MR) is 65.3 cm³/mol. The highest BCUT2D eigenvalue weighted by Crippen LogP contribution is 2.06. The topological polar surface area (TPSA) is 107 Å². The summed E-state index contributed by atoms with van der Waals surface area (Å²) in [7, 11) is 0. The van der Waals surface area contributed by atoms with Crippen LogP contribution in [0.1, 0.15) is 50.9 Å². The molecule has 0 radical (unpaired) electrons. The van der Waals surface area contributed by atoms with Gasteiger partial charge in [-0.1, -0.05) is 0 Å². The summed E-state index contributed by atoms with van der Waals surface area (Å²) in [6.07, 6.45) is -12.1. The first-order chi connectivity index (χ1) is 10.7. The first-order valence-electron chi connectivity index (χ1n) is 8.77. The molecule has 0 aliphatic rings. The average molecular weight is 253 g/mol. The Labute approximate surface area is 113 Å². The van der Waals surface area contributed by atoms with Crippen molar-refractivity contribution in [1.82, 2.24) is 5.32 Å². The summed E-state index contributed by atoms with van der Waals surface area (Å²) in [4.78, 5) is 22.8. The van der Waals surface area contributed by atoms with Crippen molar-refractivity contribution in [1.29, 1.82) is 0 Å². The lowest BCUT2D eigenvalue weighted by Gasteiger charge is -2.19. The maximum absolute atomic E-state index is 11.7. The SMILES string of the molecule is [2H]C([2H])(NC(=O)OC(C)(C)C)C([2H])([2H])C([2H])([2H])C([2H])([2H])[C@H](N)C(N)=O. The van der Waals surface area contributed by atoms with Gasteiger partial charge in [-0.15, -0.1) is 0 Å². The molecule has 0 rings (SSSR count). The van der Waals surface area contributed by atoms with Crippen molar-refractivity contribution in [2.75, 3.05) is 6.50 Å². The van der Waals surface area contributed by atoms with Crippen molar-refractivity contribution in [2.24, 2.45) is 11.5 Å². The second kappa shape index (κ2) is 7.11. The molecule has 5 N–H and O–H groups in total. The number of rotatable bonds is 6. The van der Waals surface area contributed by atoms with E-state index in [2.05, 4.69) is 0 Å².